The third-order valence-electron chi connectivity index (χ3n) is 3.44. The smallest absolute Gasteiger partial charge is 0.319 e. The number of ether oxygens (including phenoxy) is 1. The third kappa shape index (κ3) is 6.86. The number of carbonyl (C=O) groups excluding carboxylic acids is 2. The summed E-state index contributed by atoms with van der Waals surface area (Å²) in [4.78, 5) is 24.5. The summed E-state index contributed by atoms with van der Waals surface area (Å²) in [6.07, 6.45) is 1.38. The highest BCUT2D eigenvalue weighted by molar-refractivity contribution is 8.00. The van der Waals surface area contributed by atoms with Crippen molar-refractivity contribution in [1.82, 2.24) is 0 Å². The molecule has 0 fully saturated rings. The van der Waals surface area contributed by atoms with Gasteiger partial charge in [0.15, 0.2) is 0 Å². The molecule has 0 aliphatic rings. The number of halogens is 2. The fraction of sp³-hybridized carbons (Fsp3) is 0.556. The summed E-state index contributed by atoms with van der Waals surface area (Å²) in [6, 6.07) is 2.60. The van der Waals surface area contributed by atoms with Gasteiger partial charge in [-0.3, -0.25) is 9.59 Å². The van der Waals surface area contributed by atoms with Crippen LogP contribution in [0, 0.1) is 11.7 Å². The average molecular weight is 390 g/mol. The van der Waals surface area contributed by atoms with Gasteiger partial charge in [0, 0.05) is 10.8 Å². The number of hydrogen-bond acceptors (Lipinski definition) is 4. The Morgan fingerprint density at radius 1 is 1.28 bits per heavy atom. The first kappa shape index (κ1) is 21.8. The first-order valence-electron chi connectivity index (χ1n) is 8.32. The molecule has 25 heavy (non-hydrogen) atoms. The van der Waals surface area contributed by atoms with Gasteiger partial charge in [-0.2, -0.15) is 0 Å². The Morgan fingerprint density at radius 2 is 1.92 bits per heavy atom. The number of esters is 1. The zero-order valence-corrected chi connectivity index (χ0v) is 16.8. The number of hydrogen-bond donors (Lipinski definition) is 1. The van der Waals surface area contributed by atoms with Crippen LogP contribution in [0.1, 0.15) is 47.5 Å². The SMILES string of the molecule is CCCC(C)C(=O)Nc1cc(SC(C)C(=O)OC(C)C)c(Cl)cc1F. The van der Waals surface area contributed by atoms with E-state index in [9.17, 15) is 14.0 Å². The van der Waals surface area contributed by atoms with Crippen molar-refractivity contribution in [3.8, 4) is 0 Å². The van der Waals surface area contributed by atoms with Crippen LogP contribution in [0.4, 0.5) is 10.1 Å². The van der Waals surface area contributed by atoms with Crippen LogP contribution in [-0.4, -0.2) is 23.2 Å². The van der Waals surface area contributed by atoms with Crippen LogP contribution < -0.4 is 5.32 Å². The van der Waals surface area contributed by atoms with E-state index in [1.807, 2.05) is 6.92 Å². The molecule has 0 aromatic heterocycles. The Morgan fingerprint density at radius 3 is 2.48 bits per heavy atom. The fourth-order valence-electron chi connectivity index (χ4n) is 2.10. The Kier molecular flexibility index (Phi) is 8.73. The highest BCUT2D eigenvalue weighted by Gasteiger charge is 2.21. The van der Waals surface area contributed by atoms with Gasteiger partial charge >= 0.3 is 5.97 Å². The van der Waals surface area contributed by atoms with Gasteiger partial charge in [0.1, 0.15) is 11.1 Å². The van der Waals surface area contributed by atoms with E-state index in [1.54, 1.807) is 27.7 Å². The van der Waals surface area contributed by atoms with Gasteiger partial charge in [-0.05, 0) is 39.3 Å². The van der Waals surface area contributed by atoms with E-state index in [0.29, 0.717) is 4.90 Å². The highest BCUT2D eigenvalue weighted by atomic mass is 35.5. The Hall–Kier alpha value is -1.27. The largest absolute Gasteiger partial charge is 0.462 e. The summed E-state index contributed by atoms with van der Waals surface area (Å²) < 4.78 is 19.3. The molecule has 0 bridgehead atoms. The van der Waals surface area contributed by atoms with Gasteiger partial charge in [0.25, 0.3) is 0 Å². The minimum absolute atomic E-state index is 0.0595. The van der Waals surface area contributed by atoms with Crippen LogP contribution >= 0.6 is 23.4 Å². The monoisotopic (exact) mass is 389 g/mol. The molecule has 1 aromatic rings. The standard InChI is InChI=1S/C18H25ClFNO3S/c1-6-7-11(4)17(22)21-15-9-16(13(19)8-14(15)20)25-12(5)18(23)24-10(2)3/h8-12H,6-7H2,1-5H3,(H,21,22). The van der Waals surface area contributed by atoms with Crippen molar-refractivity contribution in [1.29, 1.82) is 0 Å². The zero-order chi connectivity index (χ0) is 19.1. The van der Waals surface area contributed by atoms with Crippen molar-refractivity contribution in [2.45, 2.75) is 63.7 Å². The number of thioether (sulfide) groups is 1. The van der Waals surface area contributed by atoms with E-state index in [2.05, 4.69) is 5.32 Å². The Labute approximate surface area is 157 Å². The van der Waals surface area contributed by atoms with Crippen molar-refractivity contribution in [2.24, 2.45) is 5.92 Å². The van der Waals surface area contributed by atoms with Gasteiger partial charge in [-0.15, -0.1) is 11.8 Å². The summed E-state index contributed by atoms with van der Waals surface area (Å²) in [6.45, 7) is 9.01. The first-order valence-corrected chi connectivity index (χ1v) is 9.58. The quantitative estimate of drug-likeness (QED) is 0.485. The van der Waals surface area contributed by atoms with Crippen molar-refractivity contribution < 1.29 is 18.7 Å². The molecule has 2 atom stereocenters. The fourth-order valence-corrected chi connectivity index (χ4v) is 3.28. The van der Waals surface area contributed by atoms with Gasteiger partial charge in [-0.1, -0.05) is 31.9 Å². The maximum absolute atomic E-state index is 14.1. The maximum atomic E-state index is 14.1. The predicted octanol–water partition coefficient (Wildman–Crippen LogP) is 5.29. The summed E-state index contributed by atoms with van der Waals surface area (Å²) in [7, 11) is 0. The minimum Gasteiger partial charge on any atom is -0.462 e. The number of anilines is 1. The zero-order valence-electron chi connectivity index (χ0n) is 15.2. The molecular formula is C18H25ClFNO3S. The van der Waals surface area contributed by atoms with E-state index in [4.69, 9.17) is 16.3 Å². The molecule has 1 rings (SSSR count). The highest BCUT2D eigenvalue weighted by Crippen LogP contribution is 2.35. The van der Waals surface area contributed by atoms with E-state index >= 15 is 0 Å². The van der Waals surface area contributed by atoms with Crippen LogP contribution in [0.15, 0.2) is 17.0 Å². The van der Waals surface area contributed by atoms with Gasteiger partial charge in [0.05, 0.1) is 16.8 Å². The van der Waals surface area contributed by atoms with E-state index in [-0.39, 0.29) is 34.6 Å². The van der Waals surface area contributed by atoms with Gasteiger partial charge in [-0.25, -0.2) is 4.39 Å². The molecule has 7 heteroatoms. The Balaban J connectivity index is 2.92. The molecule has 0 aliphatic carbocycles. The molecule has 1 aromatic carbocycles. The second kappa shape index (κ2) is 10.0. The molecule has 0 aliphatic heterocycles. The number of benzene rings is 1. The van der Waals surface area contributed by atoms with Gasteiger partial charge < -0.3 is 10.1 Å². The first-order chi connectivity index (χ1) is 11.6. The summed E-state index contributed by atoms with van der Waals surface area (Å²) in [5, 5.41) is 2.27. The van der Waals surface area contributed by atoms with E-state index < -0.39 is 11.1 Å². The minimum atomic E-state index is -0.608. The van der Waals surface area contributed by atoms with Crippen LogP contribution in [0.2, 0.25) is 5.02 Å². The number of rotatable bonds is 8. The van der Waals surface area contributed by atoms with Crippen LogP contribution in [0.25, 0.3) is 0 Å². The van der Waals surface area contributed by atoms with Crippen LogP contribution in [0.3, 0.4) is 0 Å². The third-order valence-corrected chi connectivity index (χ3v) is 5.00. The molecule has 4 nitrogen and oxygen atoms in total. The van der Waals surface area contributed by atoms with Gasteiger partial charge in [0.2, 0.25) is 5.91 Å². The molecule has 140 valence electrons. The topological polar surface area (TPSA) is 55.4 Å². The summed E-state index contributed by atoms with van der Waals surface area (Å²) >= 11 is 7.24. The molecule has 0 radical (unpaired) electrons. The average Bonchev–Trinajstić information content (AvgIpc) is 2.51. The van der Waals surface area contributed by atoms with E-state index in [0.717, 1.165) is 30.7 Å². The lowest BCUT2D eigenvalue weighted by Gasteiger charge is -2.16. The second-order valence-corrected chi connectivity index (χ2v) is 7.98. The Bertz CT molecular complexity index is 625. The van der Waals surface area contributed by atoms with Crippen molar-refractivity contribution in [3.05, 3.63) is 23.0 Å². The van der Waals surface area contributed by atoms with Crippen LogP contribution in [-0.2, 0) is 14.3 Å². The molecule has 0 saturated heterocycles. The molecular weight excluding hydrogens is 365 g/mol. The number of amides is 1. The second-order valence-electron chi connectivity index (χ2n) is 6.19. The molecule has 0 spiro atoms. The van der Waals surface area contributed by atoms with Crippen molar-refractivity contribution in [2.75, 3.05) is 5.32 Å². The predicted molar refractivity (Wildman–Crippen MR) is 101 cm³/mol. The molecule has 0 heterocycles. The molecule has 1 N–H and O–H groups in total. The van der Waals surface area contributed by atoms with Crippen molar-refractivity contribution >= 4 is 40.9 Å². The lowest BCUT2D eigenvalue weighted by atomic mass is 10.1. The summed E-state index contributed by atoms with van der Waals surface area (Å²) in [5.74, 6) is -1.44. The number of nitrogens with one attached hydrogen (secondary N) is 1. The van der Waals surface area contributed by atoms with Crippen molar-refractivity contribution in [3.63, 3.8) is 0 Å². The lowest BCUT2D eigenvalue weighted by molar-refractivity contribution is -0.146. The normalized spacial score (nSPS) is 13.4. The molecule has 2 unspecified atom stereocenters. The molecule has 1 amide bonds. The van der Waals surface area contributed by atoms with Crippen LogP contribution in [0.5, 0.6) is 0 Å². The lowest BCUT2D eigenvalue weighted by Crippen LogP contribution is -2.21. The molecule has 0 saturated carbocycles. The van der Waals surface area contributed by atoms with E-state index in [1.165, 1.54) is 6.07 Å². The maximum Gasteiger partial charge on any atom is 0.319 e. The summed E-state index contributed by atoms with van der Waals surface area (Å²) in [5.41, 5.74) is 0.0595. The number of carbonyl (C=O) groups is 2.